The molecule has 0 aliphatic rings. The molecule has 0 saturated heterocycles. The van der Waals surface area contributed by atoms with Crippen molar-refractivity contribution in [3.05, 3.63) is 29.1 Å². The van der Waals surface area contributed by atoms with E-state index in [1.54, 1.807) is 6.92 Å². The van der Waals surface area contributed by atoms with E-state index in [-0.39, 0.29) is 18.2 Å². The molecule has 0 amide bonds. The average Bonchev–Trinajstić information content (AvgIpc) is 2.12. The van der Waals surface area contributed by atoms with Crippen LogP contribution in [0.15, 0.2) is 12.1 Å². The molecule has 0 saturated carbocycles. The van der Waals surface area contributed by atoms with Crippen molar-refractivity contribution in [2.45, 2.75) is 19.8 Å². The van der Waals surface area contributed by atoms with Gasteiger partial charge in [-0.3, -0.25) is 0 Å². The van der Waals surface area contributed by atoms with Gasteiger partial charge in [0.2, 0.25) is 0 Å². The molecule has 0 spiro atoms. The molecule has 0 unspecified atom stereocenters. The molecule has 1 aromatic carbocycles. The number of aliphatic hydroxyl groups is 1. The van der Waals surface area contributed by atoms with E-state index in [1.165, 1.54) is 12.1 Å². The van der Waals surface area contributed by atoms with Gasteiger partial charge in [0.1, 0.15) is 11.6 Å². The molecular formula is C10H13FO2. The van der Waals surface area contributed by atoms with Gasteiger partial charge in [-0.2, -0.15) is 0 Å². The van der Waals surface area contributed by atoms with Crippen LogP contribution in [0, 0.1) is 12.7 Å². The molecule has 13 heavy (non-hydrogen) atoms. The Labute approximate surface area is 76.6 Å². The summed E-state index contributed by atoms with van der Waals surface area (Å²) >= 11 is 0. The number of aliphatic hydroxyl groups excluding tert-OH is 1. The first-order valence-corrected chi connectivity index (χ1v) is 4.24. The van der Waals surface area contributed by atoms with Crippen LogP contribution in [-0.2, 0) is 6.42 Å². The van der Waals surface area contributed by atoms with E-state index in [9.17, 15) is 9.50 Å². The molecule has 3 heteroatoms. The van der Waals surface area contributed by atoms with E-state index in [0.717, 1.165) is 0 Å². The van der Waals surface area contributed by atoms with Crippen molar-refractivity contribution in [2.75, 3.05) is 6.61 Å². The first-order valence-electron chi connectivity index (χ1n) is 4.24. The highest BCUT2D eigenvalue weighted by molar-refractivity contribution is 5.39. The lowest BCUT2D eigenvalue weighted by Crippen LogP contribution is -1.96. The lowest BCUT2D eigenvalue weighted by Gasteiger charge is -2.07. The van der Waals surface area contributed by atoms with Crippen LogP contribution in [0.25, 0.3) is 0 Å². The lowest BCUT2D eigenvalue weighted by molar-refractivity contribution is 0.288. The molecule has 2 nitrogen and oxygen atoms in total. The molecular weight excluding hydrogens is 171 g/mol. The first kappa shape index (κ1) is 9.99. The summed E-state index contributed by atoms with van der Waals surface area (Å²) in [5, 5.41) is 18.0. The van der Waals surface area contributed by atoms with Gasteiger partial charge in [-0.25, -0.2) is 4.39 Å². The second kappa shape index (κ2) is 4.23. The normalized spacial score (nSPS) is 10.4. The summed E-state index contributed by atoms with van der Waals surface area (Å²) in [5.74, 6) is -0.210. The monoisotopic (exact) mass is 184 g/mol. The fourth-order valence-corrected chi connectivity index (χ4v) is 1.29. The zero-order valence-corrected chi connectivity index (χ0v) is 7.55. The standard InChI is InChI=1S/C10H13FO2/c1-7-8(3-2-6-12)10(13)5-4-9(7)11/h4-5,12-13H,2-3,6H2,1H3. The molecule has 0 atom stereocenters. The zero-order chi connectivity index (χ0) is 9.84. The molecule has 2 N–H and O–H groups in total. The van der Waals surface area contributed by atoms with E-state index in [1.807, 2.05) is 0 Å². The van der Waals surface area contributed by atoms with Gasteiger partial charge in [0, 0.05) is 6.61 Å². The van der Waals surface area contributed by atoms with Gasteiger partial charge in [-0.05, 0) is 43.0 Å². The van der Waals surface area contributed by atoms with Gasteiger partial charge >= 0.3 is 0 Å². The van der Waals surface area contributed by atoms with Crippen LogP contribution in [0.5, 0.6) is 5.75 Å². The largest absolute Gasteiger partial charge is 0.508 e. The van der Waals surface area contributed by atoms with Crippen molar-refractivity contribution in [2.24, 2.45) is 0 Å². The summed E-state index contributed by atoms with van der Waals surface area (Å²) in [4.78, 5) is 0. The third kappa shape index (κ3) is 2.18. The van der Waals surface area contributed by atoms with Crippen molar-refractivity contribution in [1.29, 1.82) is 0 Å². The Balaban J connectivity index is 2.96. The van der Waals surface area contributed by atoms with Crippen LogP contribution in [0.2, 0.25) is 0 Å². The summed E-state index contributed by atoms with van der Waals surface area (Å²) in [6.45, 7) is 1.68. The van der Waals surface area contributed by atoms with Crippen LogP contribution in [0.4, 0.5) is 4.39 Å². The Bertz CT molecular complexity index is 297. The minimum atomic E-state index is -0.314. The maximum Gasteiger partial charge on any atom is 0.126 e. The second-order valence-electron chi connectivity index (χ2n) is 3.00. The Hall–Kier alpha value is -1.09. The highest BCUT2D eigenvalue weighted by Gasteiger charge is 2.08. The van der Waals surface area contributed by atoms with Crippen molar-refractivity contribution < 1.29 is 14.6 Å². The highest BCUT2D eigenvalue weighted by atomic mass is 19.1. The van der Waals surface area contributed by atoms with Gasteiger partial charge in [0.25, 0.3) is 0 Å². The maximum absolute atomic E-state index is 13.0. The van der Waals surface area contributed by atoms with Crippen molar-refractivity contribution in [3.63, 3.8) is 0 Å². The van der Waals surface area contributed by atoms with Gasteiger partial charge in [0.05, 0.1) is 0 Å². The Morgan fingerprint density at radius 3 is 2.69 bits per heavy atom. The Kier molecular flexibility index (Phi) is 3.25. The number of aromatic hydroxyl groups is 1. The molecule has 0 fully saturated rings. The van der Waals surface area contributed by atoms with Crippen LogP contribution in [0.3, 0.4) is 0 Å². The molecule has 0 aromatic heterocycles. The fraction of sp³-hybridized carbons (Fsp3) is 0.400. The zero-order valence-electron chi connectivity index (χ0n) is 7.55. The van der Waals surface area contributed by atoms with Crippen LogP contribution >= 0.6 is 0 Å². The summed E-state index contributed by atoms with van der Waals surface area (Å²) in [6.07, 6.45) is 1.05. The summed E-state index contributed by atoms with van der Waals surface area (Å²) in [5.41, 5.74) is 1.06. The number of phenols is 1. The van der Waals surface area contributed by atoms with Gasteiger partial charge in [-0.1, -0.05) is 0 Å². The van der Waals surface area contributed by atoms with Gasteiger partial charge in [-0.15, -0.1) is 0 Å². The quantitative estimate of drug-likeness (QED) is 0.751. The predicted molar refractivity (Wildman–Crippen MR) is 48.2 cm³/mol. The third-order valence-electron chi connectivity index (χ3n) is 2.09. The van der Waals surface area contributed by atoms with Crippen LogP contribution in [-0.4, -0.2) is 16.8 Å². The maximum atomic E-state index is 13.0. The minimum absolute atomic E-state index is 0.0510. The van der Waals surface area contributed by atoms with E-state index < -0.39 is 0 Å². The molecule has 0 bridgehead atoms. The summed E-state index contributed by atoms with van der Waals surface area (Å²) in [6, 6.07) is 2.59. The Morgan fingerprint density at radius 2 is 2.08 bits per heavy atom. The third-order valence-corrected chi connectivity index (χ3v) is 2.09. The topological polar surface area (TPSA) is 40.5 Å². The van der Waals surface area contributed by atoms with Crippen molar-refractivity contribution in [1.82, 2.24) is 0 Å². The molecule has 72 valence electrons. The number of rotatable bonds is 3. The fourth-order valence-electron chi connectivity index (χ4n) is 1.29. The number of phenolic OH excluding ortho intramolecular Hbond substituents is 1. The van der Waals surface area contributed by atoms with Gasteiger partial charge < -0.3 is 10.2 Å². The number of halogens is 1. The molecule has 0 heterocycles. The molecule has 0 aliphatic carbocycles. The van der Waals surface area contributed by atoms with Gasteiger partial charge in [0.15, 0.2) is 0 Å². The lowest BCUT2D eigenvalue weighted by atomic mass is 10.0. The highest BCUT2D eigenvalue weighted by Crippen LogP contribution is 2.24. The van der Waals surface area contributed by atoms with E-state index >= 15 is 0 Å². The Morgan fingerprint density at radius 1 is 1.38 bits per heavy atom. The number of hydrogen-bond acceptors (Lipinski definition) is 2. The number of hydrogen-bond donors (Lipinski definition) is 2. The van der Waals surface area contributed by atoms with Crippen molar-refractivity contribution in [3.8, 4) is 5.75 Å². The van der Waals surface area contributed by atoms with E-state index in [0.29, 0.717) is 24.0 Å². The van der Waals surface area contributed by atoms with E-state index in [2.05, 4.69) is 0 Å². The second-order valence-corrected chi connectivity index (χ2v) is 3.00. The first-order chi connectivity index (χ1) is 6.16. The minimum Gasteiger partial charge on any atom is -0.508 e. The molecule has 0 aliphatic heterocycles. The van der Waals surface area contributed by atoms with Crippen molar-refractivity contribution >= 4 is 0 Å². The SMILES string of the molecule is Cc1c(F)ccc(O)c1CCCO. The molecule has 1 rings (SSSR count). The smallest absolute Gasteiger partial charge is 0.126 e. The van der Waals surface area contributed by atoms with E-state index in [4.69, 9.17) is 5.11 Å². The summed E-state index contributed by atoms with van der Waals surface area (Å²) < 4.78 is 13.0. The average molecular weight is 184 g/mol. The summed E-state index contributed by atoms with van der Waals surface area (Å²) in [7, 11) is 0. The number of benzene rings is 1. The van der Waals surface area contributed by atoms with Crippen LogP contribution < -0.4 is 0 Å². The molecule has 0 radical (unpaired) electrons. The van der Waals surface area contributed by atoms with Crippen LogP contribution in [0.1, 0.15) is 17.5 Å². The molecule has 1 aromatic rings. The predicted octanol–water partition coefficient (Wildman–Crippen LogP) is 1.76.